The number of rotatable bonds is 5. The Kier molecular flexibility index (Phi) is 6.58. The lowest BCUT2D eigenvalue weighted by atomic mass is 10.2. The van der Waals surface area contributed by atoms with Crippen molar-refractivity contribution in [3.63, 3.8) is 0 Å². The van der Waals surface area contributed by atoms with Gasteiger partial charge in [-0.05, 0) is 54.5 Å². The molecule has 24 heavy (non-hydrogen) atoms. The third-order valence-corrected chi connectivity index (χ3v) is 3.43. The average molecular weight is 363 g/mol. The minimum Gasteiger partial charge on any atom is -0.493 e. The topological polar surface area (TPSA) is 50.4 Å². The summed E-state index contributed by atoms with van der Waals surface area (Å²) in [4.78, 5) is 12.3. The zero-order valence-electron chi connectivity index (χ0n) is 13.5. The van der Waals surface area contributed by atoms with E-state index in [4.69, 9.17) is 28.6 Å². The Morgan fingerprint density at radius 2 is 1.96 bits per heavy atom. The van der Waals surface area contributed by atoms with Gasteiger partial charge in [-0.25, -0.2) is 0 Å². The minimum absolute atomic E-state index is 0.204. The molecule has 2 rings (SSSR count). The van der Waals surface area contributed by atoms with E-state index in [0.717, 1.165) is 0 Å². The molecule has 0 fully saturated rings. The Balaban J connectivity index is 1.96. The number of benzene rings is 2. The number of carbonyl (C=O) groups is 1. The summed E-state index contributed by atoms with van der Waals surface area (Å²) in [7, 11) is 0. The molecule has 0 radical (unpaired) electrons. The highest BCUT2D eigenvalue weighted by Crippen LogP contribution is 2.16. The van der Waals surface area contributed by atoms with Crippen molar-refractivity contribution in [3.8, 4) is 5.75 Å². The van der Waals surface area contributed by atoms with Crippen molar-refractivity contribution in [3.05, 3.63) is 59.1 Å². The number of hydrogen-bond acceptors (Lipinski definition) is 3. The van der Waals surface area contributed by atoms with Gasteiger partial charge in [0.2, 0.25) is 0 Å². The van der Waals surface area contributed by atoms with E-state index in [1.807, 2.05) is 12.1 Å². The van der Waals surface area contributed by atoms with Crippen molar-refractivity contribution in [2.24, 2.45) is 5.92 Å². The van der Waals surface area contributed by atoms with Crippen LogP contribution in [0.15, 0.2) is 48.5 Å². The molecule has 1 amide bonds. The van der Waals surface area contributed by atoms with Crippen molar-refractivity contribution in [1.82, 2.24) is 5.32 Å². The first kappa shape index (κ1) is 18.2. The van der Waals surface area contributed by atoms with Crippen molar-refractivity contribution in [1.29, 1.82) is 0 Å². The van der Waals surface area contributed by atoms with Crippen LogP contribution in [-0.2, 0) is 0 Å². The fourth-order valence-corrected chi connectivity index (χ4v) is 2.29. The van der Waals surface area contributed by atoms with Gasteiger partial charge in [0.15, 0.2) is 5.11 Å². The number of ether oxygens (including phenoxy) is 1. The average Bonchev–Trinajstić information content (AvgIpc) is 2.53. The molecule has 2 N–H and O–H groups in total. The van der Waals surface area contributed by atoms with Crippen LogP contribution in [0, 0.1) is 5.92 Å². The first-order valence-electron chi connectivity index (χ1n) is 7.55. The molecule has 0 saturated carbocycles. The van der Waals surface area contributed by atoms with E-state index < -0.39 is 0 Å². The summed E-state index contributed by atoms with van der Waals surface area (Å²) in [6, 6.07) is 14.1. The van der Waals surface area contributed by atoms with Crippen molar-refractivity contribution < 1.29 is 9.53 Å². The molecule has 0 aliphatic heterocycles. The number of halogens is 1. The molecule has 0 unspecified atom stereocenters. The molecule has 126 valence electrons. The molecule has 0 aliphatic carbocycles. The standard InChI is InChI=1S/C18H19ClN2O2S/c1-12(2)11-23-16-8-3-5-13(9-16)17(22)21-18(24)20-15-7-4-6-14(19)10-15/h3-10,12H,11H2,1-2H3,(H2,20,21,22,24). The normalized spacial score (nSPS) is 10.3. The lowest BCUT2D eigenvalue weighted by Gasteiger charge is -2.11. The number of hydrogen-bond donors (Lipinski definition) is 2. The van der Waals surface area contributed by atoms with Gasteiger partial charge in [0.25, 0.3) is 5.91 Å². The quantitative estimate of drug-likeness (QED) is 0.769. The number of thiocarbonyl (C=S) groups is 1. The molecule has 0 aliphatic rings. The van der Waals surface area contributed by atoms with Crippen molar-refractivity contribution in [2.75, 3.05) is 11.9 Å². The van der Waals surface area contributed by atoms with E-state index in [1.54, 1.807) is 36.4 Å². The first-order valence-corrected chi connectivity index (χ1v) is 8.33. The maximum Gasteiger partial charge on any atom is 0.257 e. The Bertz CT molecular complexity index is 734. The van der Waals surface area contributed by atoms with Crippen LogP contribution in [0.5, 0.6) is 5.75 Å². The maximum atomic E-state index is 12.3. The van der Waals surface area contributed by atoms with Crippen LogP contribution in [-0.4, -0.2) is 17.6 Å². The highest BCUT2D eigenvalue weighted by Gasteiger charge is 2.09. The van der Waals surface area contributed by atoms with Crippen LogP contribution >= 0.6 is 23.8 Å². The Labute approximate surface area is 152 Å². The van der Waals surface area contributed by atoms with E-state index in [1.165, 1.54) is 0 Å². The third-order valence-electron chi connectivity index (χ3n) is 2.99. The van der Waals surface area contributed by atoms with Crippen LogP contribution in [0.1, 0.15) is 24.2 Å². The zero-order valence-corrected chi connectivity index (χ0v) is 15.1. The monoisotopic (exact) mass is 362 g/mol. The summed E-state index contributed by atoms with van der Waals surface area (Å²) in [5.41, 5.74) is 1.19. The molecule has 0 atom stereocenters. The molecule has 0 aromatic heterocycles. The molecule has 0 bridgehead atoms. The molecule has 0 heterocycles. The summed E-state index contributed by atoms with van der Waals surface area (Å²) in [6.07, 6.45) is 0. The third kappa shape index (κ3) is 5.83. The highest BCUT2D eigenvalue weighted by molar-refractivity contribution is 7.80. The van der Waals surface area contributed by atoms with Crippen LogP contribution in [0.4, 0.5) is 5.69 Å². The summed E-state index contributed by atoms with van der Waals surface area (Å²) < 4.78 is 5.63. The van der Waals surface area contributed by atoms with E-state index in [2.05, 4.69) is 24.5 Å². The Hall–Kier alpha value is -2.11. The van der Waals surface area contributed by atoms with Crippen LogP contribution < -0.4 is 15.4 Å². The van der Waals surface area contributed by atoms with Gasteiger partial charge in [0.1, 0.15) is 5.75 Å². The summed E-state index contributed by atoms with van der Waals surface area (Å²) in [5, 5.41) is 6.35. The lowest BCUT2D eigenvalue weighted by Crippen LogP contribution is -2.34. The van der Waals surface area contributed by atoms with Gasteiger partial charge >= 0.3 is 0 Å². The molecule has 2 aromatic rings. The van der Waals surface area contributed by atoms with Crippen LogP contribution in [0.2, 0.25) is 5.02 Å². The van der Waals surface area contributed by atoms with E-state index in [-0.39, 0.29) is 11.0 Å². The van der Waals surface area contributed by atoms with Gasteiger partial charge in [-0.2, -0.15) is 0 Å². The lowest BCUT2D eigenvalue weighted by molar-refractivity contribution is 0.0977. The van der Waals surface area contributed by atoms with Crippen LogP contribution in [0.3, 0.4) is 0 Å². The summed E-state index contributed by atoms with van der Waals surface area (Å²) in [5.74, 6) is 0.770. The molecule has 2 aromatic carbocycles. The highest BCUT2D eigenvalue weighted by atomic mass is 35.5. The maximum absolute atomic E-state index is 12.3. The first-order chi connectivity index (χ1) is 11.4. The van der Waals surface area contributed by atoms with Gasteiger partial charge in [-0.15, -0.1) is 0 Å². The van der Waals surface area contributed by atoms with E-state index in [9.17, 15) is 4.79 Å². The largest absolute Gasteiger partial charge is 0.493 e. The number of nitrogens with one attached hydrogen (secondary N) is 2. The fraction of sp³-hybridized carbons (Fsp3) is 0.222. The van der Waals surface area contributed by atoms with Gasteiger partial charge < -0.3 is 10.1 Å². The summed E-state index contributed by atoms with van der Waals surface area (Å²) >= 11 is 11.1. The number of carbonyl (C=O) groups excluding carboxylic acids is 1. The molecular weight excluding hydrogens is 344 g/mol. The van der Waals surface area contributed by atoms with Gasteiger partial charge in [-0.3, -0.25) is 10.1 Å². The predicted octanol–water partition coefficient (Wildman–Crippen LogP) is 4.50. The minimum atomic E-state index is -0.301. The second-order valence-electron chi connectivity index (χ2n) is 5.65. The zero-order chi connectivity index (χ0) is 17.5. The molecule has 0 spiro atoms. The van der Waals surface area contributed by atoms with Gasteiger partial charge in [-0.1, -0.05) is 37.6 Å². The van der Waals surface area contributed by atoms with Gasteiger partial charge in [0.05, 0.1) is 6.61 Å². The van der Waals surface area contributed by atoms with Crippen LogP contribution in [0.25, 0.3) is 0 Å². The summed E-state index contributed by atoms with van der Waals surface area (Å²) in [6.45, 7) is 4.73. The van der Waals surface area contributed by atoms with E-state index in [0.29, 0.717) is 34.5 Å². The van der Waals surface area contributed by atoms with Gasteiger partial charge in [0, 0.05) is 16.3 Å². The molecule has 6 heteroatoms. The van der Waals surface area contributed by atoms with Crippen molar-refractivity contribution in [2.45, 2.75) is 13.8 Å². The fourth-order valence-electron chi connectivity index (χ4n) is 1.89. The smallest absolute Gasteiger partial charge is 0.257 e. The second kappa shape index (κ2) is 8.66. The molecular formula is C18H19ClN2O2S. The SMILES string of the molecule is CC(C)COc1cccc(C(=O)NC(=S)Nc2cccc(Cl)c2)c1. The Morgan fingerprint density at radius 1 is 1.21 bits per heavy atom. The Morgan fingerprint density at radius 3 is 2.67 bits per heavy atom. The molecule has 4 nitrogen and oxygen atoms in total. The van der Waals surface area contributed by atoms with E-state index >= 15 is 0 Å². The number of amides is 1. The number of anilines is 1. The predicted molar refractivity (Wildman–Crippen MR) is 102 cm³/mol. The van der Waals surface area contributed by atoms with Crippen molar-refractivity contribution >= 4 is 40.5 Å². The molecule has 0 saturated heterocycles. The second-order valence-corrected chi connectivity index (χ2v) is 6.50.